The van der Waals surface area contributed by atoms with Gasteiger partial charge in [0.25, 0.3) is 0 Å². The summed E-state index contributed by atoms with van der Waals surface area (Å²) in [6.45, 7) is 7.39. The van der Waals surface area contributed by atoms with E-state index in [1.165, 1.54) is 11.1 Å². The van der Waals surface area contributed by atoms with E-state index in [4.69, 9.17) is 4.42 Å². The third-order valence-corrected chi connectivity index (χ3v) is 3.62. The van der Waals surface area contributed by atoms with Gasteiger partial charge in [-0.3, -0.25) is 0 Å². The quantitative estimate of drug-likeness (QED) is 0.486. The molecule has 0 radical (unpaired) electrons. The molecule has 3 nitrogen and oxygen atoms in total. The molecule has 2 aromatic heterocycles. The van der Waals surface area contributed by atoms with Crippen molar-refractivity contribution >= 4 is 11.1 Å². The Morgan fingerprint density at radius 1 is 1.10 bits per heavy atom. The van der Waals surface area contributed by atoms with Crippen molar-refractivity contribution < 1.29 is 33.0 Å². The van der Waals surface area contributed by atoms with Crippen molar-refractivity contribution in [3.63, 3.8) is 0 Å². The van der Waals surface area contributed by atoms with Gasteiger partial charge in [-0.25, -0.2) is 9.55 Å². The number of fused-ring (bicyclic) bond motifs is 1. The predicted molar refractivity (Wildman–Crippen MR) is 79.4 cm³/mol. The second kappa shape index (κ2) is 6.56. The van der Waals surface area contributed by atoms with Crippen LogP contribution in [0.1, 0.15) is 24.5 Å². The highest BCUT2D eigenvalue weighted by atomic mass is 127. The van der Waals surface area contributed by atoms with Crippen LogP contribution in [0.15, 0.2) is 41.1 Å². The van der Waals surface area contributed by atoms with Crippen LogP contribution in [0.25, 0.3) is 22.6 Å². The summed E-state index contributed by atoms with van der Waals surface area (Å²) in [5.41, 5.74) is 5.27. The minimum atomic E-state index is 0. The molecule has 0 N–H and O–H groups in total. The van der Waals surface area contributed by atoms with Crippen LogP contribution in [-0.4, -0.2) is 4.98 Å². The molecule has 0 amide bonds. The lowest BCUT2D eigenvalue weighted by atomic mass is 10.1. The largest absolute Gasteiger partial charge is 1.00 e. The van der Waals surface area contributed by atoms with Crippen LogP contribution < -0.4 is 28.5 Å². The number of nitrogens with zero attached hydrogens (tertiary/aromatic N) is 2. The van der Waals surface area contributed by atoms with Gasteiger partial charge < -0.3 is 28.4 Å². The number of aryl methyl sites for hydroxylation is 3. The zero-order chi connectivity index (χ0) is 14.1. The van der Waals surface area contributed by atoms with Gasteiger partial charge in [-0.2, -0.15) is 0 Å². The number of rotatable bonds is 3. The lowest BCUT2D eigenvalue weighted by molar-refractivity contribution is -0.696. The molecular formula is C17H19IN2O. The number of oxazole rings is 1. The standard InChI is InChI=1S/C17H19N2O.HI/c1-4-7-19-8-5-14(6-9-19)17-18-15-10-12(2)13(3)11-16(15)20-17;/h5-6,8-11H,4,7H2,1-3H3;1H/q+1;/p-1. The first-order valence-electron chi connectivity index (χ1n) is 7.04. The minimum Gasteiger partial charge on any atom is -1.00 e. The van der Waals surface area contributed by atoms with Gasteiger partial charge in [0.15, 0.2) is 18.0 Å². The van der Waals surface area contributed by atoms with Gasteiger partial charge in [0.1, 0.15) is 12.1 Å². The van der Waals surface area contributed by atoms with Gasteiger partial charge >= 0.3 is 0 Å². The van der Waals surface area contributed by atoms with Gasteiger partial charge in [-0.05, 0) is 37.1 Å². The first-order valence-corrected chi connectivity index (χ1v) is 7.04. The van der Waals surface area contributed by atoms with E-state index in [0.717, 1.165) is 29.6 Å². The third-order valence-electron chi connectivity index (χ3n) is 3.62. The molecule has 0 spiro atoms. The van der Waals surface area contributed by atoms with E-state index in [1.807, 2.05) is 0 Å². The molecule has 0 aliphatic carbocycles. The number of aromatic nitrogens is 2. The molecular weight excluding hydrogens is 375 g/mol. The van der Waals surface area contributed by atoms with Crippen LogP contribution in [0.4, 0.5) is 0 Å². The third kappa shape index (κ3) is 3.26. The Hall–Kier alpha value is -1.43. The van der Waals surface area contributed by atoms with E-state index in [1.54, 1.807) is 0 Å². The predicted octanol–water partition coefficient (Wildman–Crippen LogP) is 0.813. The van der Waals surface area contributed by atoms with Gasteiger partial charge in [-0.15, -0.1) is 0 Å². The number of benzene rings is 1. The number of hydrogen-bond donors (Lipinski definition) is 0. The summed E-state index contributed by atoms with van der Waals surface area (Å²) >= 11 is 0. The van der Waals surface area contributed by atoms with E-state index < -0.39 is 0 Å². The molecule has 0 saturated heterocycles. The van der Waals surface area contributed by atoms with Crippen LogP contribution in [-0.2, 0) is 6.54 Å². The molecule has 0 aliphatic heterocycles. The molecule has 0 fully saturated rings. The zero-order valence-corrected chi connectivity index (χ0v) is 14.7. The fraction of sp³-hybridized carbons (Fsp3) is 0.294. The monoisotopic (exact) mass is 394 g/mol. The van der Waals surface area contributed by atoms with Crippen LogP contribution in [0.3, 0.4) is 0 Å². The van der Waals surface area contributed by atoms with Crippen LogP contribution in [0.2, 0.25) is 0 Å². The topological polar surface area (TPSA) is 29.9 Å². The van der Waals surface area contributed by atoms with E-state index in [-0.39, 0.29) is 24.0 Å². The Labute approximate surface area is 142 Å². The number of pyridine rings is 1. The van der Waals surface area contributed by atoms with Crippen LogP contribution >= 0.6 is 0 Å². The number of hydrogen-bond acceptors (Lipinski definition) is 2. The van der Waals surface area contributed by atoms with Gasteiger partial charge in [-0.1, -0.05) is 6.92 Å². The zero-order valence-electron chi connectivity index (χ0n) is 12.6. The molecule has 1 aromatic carbocycles. The van der Waals surface area contributed by atoms with E-state index in [0.29, 0.717) is 5.89 Å². The Morgan fingerprint density at radius 2 is 1.76 bits per heavy atom. The molecule has 0 bridgehead atoms. The van der Waals surface area contributed by atoms with Crippen molar-refractivity contribution in [2.75, 3.05) is 0 Å². The van der Waals surface area contributed by atoms with Crippen molar-refractivity contribution in [3.8, 4) is 11.5 Å². The van der Waals surface area contributed by atoms with E-state index >= 15 is 0 Å². The molecule has 3 rings (SSSR count). The molecule has 3 aromatic rings. The molecule has 0 aliphatic rings. The molecule has 110 valence electrons. The SMILES string of the molecule is CCC[n+]1ccc(-c2nc3cc(C)c(C)cc3o2)cc1.[I-]. The summed E-state index contributed by atoms with van der Waals surface area (Å²) in [6, 6.07) is 8.25. The highest BCUT2D eigenvalue weighted by Gasteiger charge is 2.10. The van der Waals surface area contributed by atoms with Gasteiger partial charge in [0, 0.05) is 24.1 Å². The second-order valence-electron chi connectivity index (χ2n) is 5.25. The Bertz CT molecular complexity index is 708. The maximum atomic E-state index is 5.87. The van der Waals surface area contributed by atoms with Crippen molar-refractivity contribution in [1.82, 2.24) is 4.98 Å². The van der Waals surface area contributed by atoms with Crippen LogP contribution in [0.5, 0.6) is 0 Å². The highest BCUT2D eigenvalue weighted by molar-refractivity contribution is 5.77. The van der Waals surface area contributed by atoms with Crippen molar-refractivity contribution in [2.24, 2.45) is 0 Å². The molecule has 0 unspecified atom stereocenters. The Morgan fingerprint density at radius 3 is 2.43 bits per heavy atom. The molecule has 0 atom stereocenters. The van der Waals surface area contributed by atoms with Crippen LogP contribution in [0, 0.1) is 13.8 Å². The molecule has 0 saturated carbocycles. The Balaban J connectivity index is 0.00000161. The maximum Gasteiger partial charge on any atom is 0.227 e. The molecule has 2 heterocycles. The lowest BCUT2D eigenvalue weighted by Crippen LogP contribution is -3.00. The summed E-state index contributed by atoms with van der Waals surface area (Å²) < 4.78 is 8.04. The lowest BCUT2D eigenvalue weighted by Gasteiger charge is -1.96. The first-order chi connectivity index (χ1) is 9.67. The van der Waals surface area contributed by atoms with Crippen molar-refractivity contribution in [2.45, 2.75) is 33.7 Å². The minimum absolute atomic E-state index is 0. The smallest absolute Gasteiger partial charge is 0.227 e. The van der Waals surface area contributed by atoms with Crippen molar-refractivity contribution in [1.29, 1.82) is 0 Å². The summed E-state index contributed by atoms with van der Waals surface area (Å²) in [6.07, 6.45) is 5.28. The van der Waals surface area contributed by atoms with E-state index in [9.17, 15) is 0 Å². The van der Waals surface area contributed by atoms with Gasteiger partial charge in [0.05, 0.1) is 0 Å². The average molecular weight is 394 g/mol. The molecule has 21 heavy (non-hydrogen) atoms. The van der Waals surface area contributed by atoms with Gasteiger partial charge in [0.2, 0.25) is 5.89 Å². The highest BCUT2D eigenvalue weighted by Crippen LogP contribution is 2.25. The summed E-state index contributed by atoms with van der Waals surface area (Å²) in [7, 11) is 0. The number of halogens is 1. The summed E-state index contributed by atoms with van der Waals surface area (Å²) in [5, 5.41) is 0. The maximum absolute atomic E-state index is 5.87. The average Bonchev–Trinajstić information content (AvgIpc) is 2.83. The summed E-state index contributed by atoms with van der Waals surface area (Å²) in [5.74, 6) is 0.689. The van der Waals surface area contributed by atoms with E-state index in [2.05, 4.69) is 67.0 Å². The summed E-state index contributed by atoms with van der Waals surface area (Å²) in [4.78, 5) is 4.58. The second-order valence-corrected chi connectivity index (χ2v) is 5.25. The fourth-order valence-electron chi connectivity index (χ4n) is 2.31. The molecule has 4 heteroatoms. The Kier molecular flexibility index (Phi) is 4.98. The van der Waals surface area contributed by atoms with Crippen molar-refractivity contribution in [3.05, 3.63) is 47.8 Å². The normalized spacial score (nSPS) is 10.6. The fourth-order valence-corrected chi connectivity index (χ4v) is 2.31. The first kappa shape index (κ1) is 15.9.